The molecule has 3 unspecified atom stereocenters. The lowest BCUT2D eigenvalue weighted by Crippen LogP contribution is -2.25. The van der Waals surface area contributed by atoms with E-state index in [1.807, 2.05) is 23.5 Å². The molecule has 2 rings (SSSR count). The number of nitrogens with two attached hydrogens (primary N) is 1. The predicted molar refractivity (Wildman–Crippen MR) is 82.6 cm³/mol. The van der Waals surface area contributed by atoms with Crippen molar-refractivity contribution in [1.29, 1.82) is 0 Å². The summed E-state index contributed by atoms with van der Waals surface area (Å²) in [7, 11) is 0. The van der Waals surface area contributed by atoms with Gasteiger partial charge >= 0.3 is 0 Å². The monoisotopic (exact) mass is 301 g/mol. The molecular formula is C13H23N3OS2. The van der Waals surface area contributed by atoms with E-state index in [0.29, 0.717) is 28.7 Å². The quantitative estimate of drug-likeness (QED) is 0.902. The third-order valence-corrected chi connectivity index (χ3v) is 6.22. The number of rotatable bonds is 5. The second-order valence-electron chi connectivity index (χ2n) is 5.51. The average molecular weight is 301 g/mol. The van der Waals surface area contributed by atoms with Gasteiger partial charge in [-0.15, -0.1) is 11.8 Å². The van der Waals surface area contributed by atoms with Gasteiger partial charge in [0.1, 0.15) is 0 Å². The van der Waals surface area contributed by atoms with Crippen LogP contribution in [0.1, 0.15) is 44.2 Å². The Hall–Kier alpha value is -0.200. The SMILES string of the molecule is CC(C)CC(N)Cc1nc(C2SCCSC2C)no1. The first kappa shape index (κ1) is 15.2. The van der Waals surface area contributed by atoms with Crippen LogP contribution in [-0.2, 0) is 6.42 Å². The van der Waals surface area contributed by atoms with E-state index < -0.39 is 0 Å². The lowest BCUT2D eigenvalue weighted by atomic mass is 10.0. The van der Waals surface area contributed by atoms with E-state index in [1.54, 1.807) is 0 Å². The Balaban J connectivity index is 1.94. The maximum absolute atomic E-state index is 6.08. The van der Waals surface area contributed by atoms with Crippen LogP contribution in [0, 0.1) is 5.92 Å². The Morgan fingerprint density at radius 2 is 2.11 bits per heavy atom. The smallest absolute Gasteiger partial charge is 0.228 e. The van der Waals surface area contributed by atoms with E-state index >= 15 is 0 Å². The summed E-state index contributed by atoms with van der Waals surface area (Å²) in [6.07, 6.45) is 1.67. The van der Waals surface area contributed by atoms with E-state index in [-0.39, 0.29) is 6.04 Å². The summed E-state index contributed by atoms with van der Waals surface area (Å²) in [6, 6.07) is 0.110. The van der Waals surface area contributed by atoms with Crippen molar-refractivity contribution in [3.63, 3.8) is 0 Å². The van der Waals surface area contributed by atoms with Crippen LogP contribution in [0.15, 0.2) is 4.52 Å². The van der Waals surface area contributed by atoms with Gasteiger partial charge in [-0.2, -0.15) is 16.7 Å². The predicted octanol–water partition coefficient (Wildman–Crippen LogP) is 2.90. The first-order valence-corrected chi connectivity index (χ1v) is 8.97. The highest BCUT2D eigenvalue weighted by Gasteiger charge is 2.28. The van der Waals surface area contributed by atoms with Crippen molar-refractivity contribution in [2.24, 2.45) is 11.7 Å². The maximum Gasteiger partial charge on any atom is 0.228 e. The molecule has 3 atom stereocenters. The van der Waals surface area contributed by atoms with E-state index in [0.717, 1.165) is 18.0 Å². The van der Waals surface area contributed by atoms with Gasteiger partial charge in [0.15, 0.2) is 5.82 Å². The molecule has 2 heterocycles. The van der Waals surface area contributed by atoms with E-state index in [4.69, 9.17) is 10.3 Å². The molecule has 6 heteroatoms. The summed E-state index contributed by atoms with van der Waals surface area (Å²) in [5.74, 6) is 4.51. The summed E-state index contributed by atoms with van der Waals surface area (Å²) in [4.78, 5) is 4.54. The standard InChI is InChI=1S/C13H23N3OS2/c1-8(2)6-10(14)7-11-15-13(16-17-11)12-9(3)18-4-5-19-12/h8-10,12H,4-7,14H2,1-3H3. The number of hydrogen-bond donors (Lipinski definition) is 1. The first-order chi connectivity index (χ1) is 9.06. The summed E-state index contributed by atoms with van der Waals surface area (Å²) in [5.41, 5.74) is 6.08. The number of hydrogen-bond acceptors (Lipinski definition) is 6. The molecule has 19 heavy (non-hydrogen) atoms. The Morgan fingerprint density at radius 3 is 2.79 bits per heavy atom. The molecule has 0 aromatic carbocycles. The second-order valence-corrected chi connectivity index (χ2v) is 8.24. The van der Waals surface area contributed by atoms with Gasteiger partial charge in [-0.3, -0.25) is 0 Å². The van der Waals surface area contributed by atoms with Crippen molar-refractivity contribution in [1.82, 2.24) is 10.1 Å². The average Bonchev–Trinajstić information content (AvgIpc) is 2.76. The van der Waals surface area contributed by atoms with E-state index in [9.17, 15) is 0 Å². The molecule has 4 nitrogen and oxygen atoms in total. The fraction of sp³-hybridized carbons (Fsp3) is 0.846. The molecule has 1 aromatic rings. The third-order valence-electron chi connectivity index (χ3n) is 3.14. The number of thioether (sulfide) groups is 2. The molecule has 0 amide bonds. The van der Waals surface area contributed by atoms with Gasteiger partial charge in [-0.25, -0.2) is 0 Å². The van der Waals surface area contributed by atoms with Crippen molar-refractivity contribution in [2.45, 2.75) is 50.2 Å². The zero-order valence-electron chi connectivity index (χ0n) is 11.8. The first-order valence-electron chi connectivity index (χ1n) is 6.87. The van der Waals surface area contributed by atoms with Crippen molar-refractivity contribution < 1.29 is 4.52 Å². The highest BCUT2D eigenvalue weighted by atomic mass is 32.2. The molecule has 0 radical (unpaired) electrons. The van der Waals surface area contributed by atoms with Gasteiger partial charge < -0.3 is 10.3 Å². The van der Waals surface area contributed by atoms with Gasteiger partial charge in [0.05, 0.1) is 5.25 Å². The molecule has 1 aliphatic rings. The Kier molecular flexibility index (Phi) is 5.59. The van der Waals surface area contributed by atoms with Gasteiger partial charge in [0, 0.05) is 29.2 Å². The topological polar surface area (TPSA) is 64.9 Å². The second kappa shape index (κ2) is 6.99. The Bertz CT molecular complexity index is 397. The molecule has 0 bridgehead atoms. The lowest BCUT2D eigenvalue weighted by Gasteiger charge is -2.24. The summed E-state index contributed by atoms with van der Waals surface area (Å²) in [6.45, 7) is 6.59. The molecule has 2 N–H and O–H groups in total. The highest BCUT2D eigenvalue weighted by molar-refractivity contribution is 8.06. The van der Waals surface area contributed by atoms with Crippen LogP contribution >= 0.6 is 23.5 Å². The van der Waals surface area contributed by atoms with Crippen LogP contribution < -0.4 is 5.73 Å². The number of nitrogens with zero attached hydrogens (tertiary/aromatic N) is 2. The minimum atomic E-state index is 0.110. The molecular weight excluding hydrogens is 278 g/mol. The molecule has 1 saturated heterocycles. The van der Waals surface area contributed by atoms with Crippen LogP contribution in [0.3, 0.4) is 0 Å². The summed E-state index contributed by atoms with van der Waals surface area (Å²) in [5, 5.41) is 5.06. The zero-order valence-corrected chi connectivity index (χ0v) is 13.5. The molecule has 108 valence electrons. The fourth-order valence-corrected chi connectivity index (χ4v) is 4.98. The fourth-order valence-electron chi connectivity index (χ4n) is 2.30. The van der Waals surface area contributed by atoms with Gasteiger partial charge in [0.2, 0.25) is 5.89 Å². The highest BCUT2D eigenvalue weighted by Crippen LogP contribution is 2.41. The number of aromatic nitrogens is 2. The molecule has 0 spiro atoms. The van der Waals surface area contributed by atoms with Crippen molar-refractivity contribution >= 4 is 23.5 Å². The molecule has 0 aliphatic carbocycles. The van der Waals surface area contributed by atoms with Crippen LogP contribution in [0.2, 0.25) is 0 Å². The Morgan fingerprint density at radius 1 is 1.37 bits per heavy atom. The zero-order chi connectivity index (χ0) is 13.8. The molecule has 1 aromatic heterocycles. The van der Waals surface area contributed by atoms with Crippen molar-refractivity contribution in [3.8, 4) is 0 Å². The van der Waals surface area contributed by atoms with Crippen molar-refractivity contribution in [3.05, 3.63) is 11.7 Å². The normalized spacial score (nSPS) is 25.7. The van der Waals surface area contributed by atoms with Crippen LogP contribution in [0.25, 0.3) is 0 Å². The van der Waals surface area contributed by atoms with Gasteiger partial charge in [-0.1, -0.05) is 25.9 Å². The minimum absolute atomic E-state index is 0.110. The maximum atomic E-state index is 6.08. The molecule has 1 aliphatic heterocycles. The van der Waals surface area contributed by atoms with Gasteiger partial charge in [-0.05, 0) is 12.3 Å². The molecule has 0 saturated carbocycles. The van der Waals surface area contributed by atoms with Crippen LogP contribution in [-0.4, -0.2) is 32.9 Å². The van der Waals surface area contributed by atoms with E-state index in [1.165, 1.54) is 5.75 Å². The largest absolute Gasteiger partial charge is 0.339 e. The lowest BCUT2D eigenvalue weighted by molar-refractivity contribution is 0.354. The minimum Gasteiger partial charge on any atom is -0.339 e. The van der Waals surface area contributed by atoms with Crippen LogP contribution in [0.4, 0.5) is 0 Å². The van der Waals surface area contributed by atoms with Gasteiger partial charge in [0.25, 0.3) is 0 Å². The summed E-state index contributed by atoms with van der Waals surface area (Å²) < 4.78 is 5.35. The van der Waals surface area contributed by atoms with E-state index in [2.05, 4.69) is 30.9 Å². The third kappa shape index (κ3) is 4.39. The molecule has 1 fully saturated rings. The Labute approximate surface area is 123 Å². The summed E-state index contributed by atoms with van der Waals surface area (Å²) >= 11 is 3.92. The van der Waals surface area contributed by atoms with Crippen LogP contribution in [0.5, 0.6) is 0 Å². The van der Waals surface area contributed by atoms with Crippen molar-refractivity contribution in [2.75, 3.05) is 11.5 Å².